The number of carbonyl (C=O) groups is 1. The summed E-state index contributed by atoms with van der Waals surface area (Å²) >= 11 is 10.8. The van der Waals surface area contributed by atoms with Crippen LogP contribution in [-0.4, -0.2) is 10.9 Å². The SMILES string of the molecule is NC(=S)C1(C(=O)NCc2ccc(F)c(Cl)c2)CCCC1. The minimum Gasteiger partial charge on any atom is -0.392 e. The molecular weight excluding hydrogens is 299 g/mol. The minimum atomic E-state index is -0.723. The predicted molar refractivity (Wildman–Crippen MR) is 80.9 cm³/mol. The summed E-state index contributed by atoms with van der Waals surface area (Å²) in [5, 5.41) is 2.87. The number of amides is 1. The molecule has 1 aromatic rings. The molecule has 20 heavy (non-hydrogen) atoms. The van der Waals surface area contributed by atoms with Gasteiger partial charge in [-0.1, -0.05) is 42.7 Å². The molecule has 3 N–H and O–H groups in total. The third kappa shape index (κ3) is 2.94. The van der Waals surface area contributed by atoms with E-state index in [0.29, 0.717) is 12.8 Å². The lowest BCUT2D eigenvalue weighted by Crippen LogP contribution is -2.46. The second kappa shape index (κ2) is 6.06. The summed E-state index contributed by atoms with van der Waals surface area (Å²) in [6, 6.07) is 4.37. The molecule has 6 heteroatoms. The van der Waals surface area contributed by atoms with Crippen LogP contribution in [0.25, 0.3) is 0 Å². The fourth-order valence-corrected chi connectivity index (χ4v) is 3.07. The van der Waals surface area contributed by atoms with Crippen molar-refractivity contribution < 1.29 is 9.18 Å². The van der Waals surface area contributed by atoms with Crippen LogP contribution in [0.3, 0.4) is 0 Å². The van der Waals surface area contributed by atoms with Crippen LogP contribution >= 0.6 is 23.8 Å². The Kier molecular flexibility index (Phi) is 4.60. The minimum absolute atomic E-state index is 0.0432. The van der Waals surface area contributed by atoms with E-state index in [2.05, 4.69) is 5.32 Å². The zero-order valence-electron chi connectivity index (χ0n) is 10.9. The van der Waals surface area contributed by atoms with Crippen molar-refractivity contribution >= 4 is 34.7 Å². The molecular formula is C14H16ClFN2OS. The number of halogens is 2. The monoisotopic (exact) mass is 314 g/mol. The maximum absolute atomic E-state index is 13.1. The molecule has 0 unspecified atom stereocenters. The van der Waals surface area contributed by atoms with Crippen molar-refractivity contribution in [1.29, 1.82) is 0 Å². The highest BCUT2D eigenvalue weighted by molar-refractivity contribution is 7.80. The van der Waals surface area contributed by atoms with E-state index in [1.54, 1.807) is 6.07 Å². The van der Waals surface area contributed by atoms with Crippen LogP contribution in [0.1, 0.15) is 31.2 Å². The van der Waals surface area contributed by atoms with Crippen LogP contribution in [0.15, 0.2) is 18.2 Å². The molecule has 0 aromatic heterocycles. The Morgan fingerprint density at radius 1 is 1.45 bits per heavy atom. The molecule has 1 amide bonds. The highest BCUT2D eigenvalue weighted by Gasteiger charge is 2.43. The van der Waals surface area contributed by atoms with Crippen molar-refractivity contribution in [2.45, 2.75) is 32.2 Å². The smallest absolute Gasteiger partial charge is 0.233 e. The van der Waals surface area contributed by atoms with Crippen molar-refractivity contribution in [2.75, 3.05) is 0 Å². The largest absolute Gasteiger partial charge is 0.392 e. The average molecular weight is 315 g/mol. The van der Waals surface area contributed by atoms with Crippen LogP contribution in [0, 0.1) is 11.2 Å². The molecule has 108 valence electrons. The van der Waals surface area contributed by atoms with Gasteiger partial charge in [0.05, 0.1) is 15.4 Å². The van der Waals surface area contributed by atoms with Crippen molar-refractivity contribution in [3.8, 4) is 0 Å². The summed E-state index contributed by atoms with van der Waals surface area (Å²) in [4.78, 5) is 12.6. The standard InChI is InChI=1S/C14H16ClFN2OS/c15-10-7-9(3-4-11(10)16)8-18-13(19)14(12(17)20)5-1-2-6-14/h3-4,7H,1-2,5-6,8H2,(H2,17,20)(H,18,19). The normalized spacial score (nSPS) is 16.9. The van der Waals surface area contributed by atoms with Gasteiger partial charge >= 0.3 is 0 Å². The number of hydrogen-bond acceptors (Lipinski definition) is 2. The van der Waals surface area contributed by atoms with Gasteiger partial charge < -0.3 is 11.1 Å². The van der Waals surface area contributed by atoms with Gasteiger partial charge in [-0.2, -0.15) is 0 Å². The van der Waals surface area contributed by atoms with Gasteiger partial charge in [0.25, 0.3) is 0 Å². The van der Waals surface area contributed by atoms with E-state index in [1.807, 2.05) is 0 Å². The van der Waals surface area contributed by atoms with Gasteiger partial charge in [0.2, 0.25) is 5.91 Å². The number of benzene rings is 1. The number of nitrogens with one attached hydrogen (secondary N) is 1. The van der Waals surface area contributed by atoms with E-state index in [0.717, 1.165) is 18.4 Å². The van der Waals surface area contributed by atoms with E-state index in [9.17, 15) is 9.18 Å². The molecule has 0 atom stereocenters. The van der Waals surface area contributed by atoms with E-state index >= 15 is 0 Å². The average Bonchev–Trinajstić information content (AvgIpc) is 2.90. The molecule has 0 heterocycles. The Morgan fingerprint density at radius 3 is 2.65 bits per heavy atom. The van der Waals surface area contributed by atoms with Crippen LogP contribution in [0.5, 0.6) is 0 Å². The van der Waals surface area contributed by atoms with Crippen LogP contribution in [0.2, 0.25) is 5.02 Å². The van der Waals surface area contributed by atoms with E-state index in [-0.39, 0.29) is 22.5 Å². The van der Waals surface area contributed by atoms with Gasteiger partial charge in [-0.25, -0.2) is 4.39 Å². The Morgan fingerprint density at radius 2 is 2.10 bits per heavy atom. The molecule has 1 aliphatic rings. The third-order valence-electron chi connectivity index (χ3n) is 3.80. The first-order valence-electron chi connectivity index (χ1n) is 6.48. The van der Waals surface area contributed by atoms with Gasteiger partial charge in [0.15, 0.2) is 0 Å². The van der Waals surface area contributed by atoms with Gasteiger partial charge in [0.1, 0.15) is 5.82 Å². The lowest BCUT2D eigenvalue weighted by molar-refractivity contribution is -0.127. The molecule has 1 aromatic carbocycles. The Bertz CT molecular complexity index is 544. The van der Waals surface area contributed by atoms with E-state index < -0.39 is 11.2 Å². The van der Waals surface area contributed by atoms with Gasteiger partial charge in [-0.3, -0.25) is 4.79 Å². The van der Waals surface area contributed by atoms with E-state index in [1.165, 1.54) is 12.1 Å². The first-order valence-corrected chi connectivity index (χ1v) is 7.26. The topological polar surface area (TPSA) is 55.1 Å². The predicted octanol–water partition coefficient (Wildman–Crippen LogP) is 2.94. The van der Waals surface area contributed by atoms with Crippen molar-refractivity contribution in [1.82, 2.24) is 5.32 Å². The fraction of sp³-hybridized carbons (Fsp3) is 0.429. The second-order valence-corrected chi connectivity index (χ2v) is 5.93. The van der Waals surface area contributed by atoms with Gasteiger partial charge in [0, 0.05) is 6.54 Å². The molecule has 1 fully saturated rings. The first-order chi connectivity index (χ1) is 9.45. The van der Waals surface area contributed by atoms with E-state index in [4.69, 9.17) is 29.6 Å². The van der Waals surface area contributed by atoms with Crippen LogP contribution in [-0.2, 0) is 11.3 Å². The molecule has 1 saturated carbocycles. The number of hydrogen-bond donors (Lipinski definition) is 2. The van der Waals surface area contributed by atoms with Crippen LogP contribution < -0.4 is 11.1 Å². The fourth-order valence-electron chi connectivity index (χ4n) is 2.57. The van der Waals surface area contributed by atoms with Crippen molar-refractivity contribution in [2.24, 2.45) is 11.1 Å². The highest BCUT2D eigenvalue weighted by atomic mass is 35.5. The van der Waals surface area contributed by atoms with Crippen molar-refractivity contribution in [3.63, 3.8) is 0 Å². The van der Waals surface area contributed by atoms with Crippen LogP contribution in [0.4, 0.5) is 4.39 Å². The summed E-state index contributed by atoms with van der Waals surface area (Å²) in [6.07, 6.45) is 3.29. The molecule has 0 radical (unpaired) electrons. The summed E-state index contributed by atoms with van der Waals surface area (Å²) in [5.41, 5.74) is 5.76. The summed E-state index contributed by atoms with van der Waals surface area (Å²) in [5.74, 6) is -0.625. The molecule has 2 rings (SSSR count). The summed E-state index contributed by atoms with van der Waals surface area (Å²) in [6.45, 7) is 0.281. The highest BCUT2D eigenvalue weighted by Crippen LogP contribution is 2.38. The second-order valence-electron chi connectivity index (χ2n) is 5.08. The lowest BCUT2D eigenvalue weighted by Gasteiger charge is -2.26. The van der Waals surface area contributed by atoms with Gasteiger partial charge in [-0.15, -0.1) is 0 Å². The number of nitrogens with two attached hydrogens (primary N) is 1. The number of rotatable bonds is 4. The third-order valence-corrected chi connectivity index (χ3v) is 4.48. The molecule has 3 nitrogen and oxygen atoms in total. The summed E-state index contributed by atoms with van der Waals surface area (Å²) < 4.78 is 13.1. The lowest BCUT2D eigenvalue weighted by atomic mass is 9.85. The quantitative estimate of drug-likeness (QED) is 0.840. The zero-order chi connectivity index (χ0) is 14.8. The maximum atomic E-state index is 13.1. The molecule has 0 spiro atoms. The molecule has 0 saturated heterocycles. The summed E-state index contributed by atoms with van der Waals surface area (Å²) in [7, 11) is 0. The molecule has 0 aliphatic heterocycles. The Labute approximate surface area is 127 Å². The molecule has 1 aliphatic carbocycles. The van der Waals surface area contributed by atoms with Crippen molar-refractivity contribution in [3.05, 3.63) is 34.6 Å². The zero-order valence-corrected chi connectivity index (χ0v) is 12.5. The first kappa shape index (κ1) is 15.2. The maximum Gasteiger partial charge on any atom is 0.233 e. The number of thiocarbonyl (C=S) groups is 1. The van der Waals surface area contributed by atoms with Gasteiger partial charge in [-0.05, 0) is 30.5 Å². The number of carbonyl (C=O) groups excluding carboxylic acids is 1. The molecule has 0 bridgehead atoms. The Balaban J connectivity index is 2.04. The Hall–Kier alpha value is -1.20.